The van der Waals surface area contributed by atoms with Crippen molar-refractivity contribution in [3.63, 3.8) is 0 Å². The molecule has 1 aliphatic carbocycles. The van der Waals surface area contributed by atoms with E-state index in [-0.39, 0.29) is 24.4 Å². The van der Waals surface area contributed by atoms with Crippen molar-refractivity contribution >= 4 is 29.4 Å². The van der Waals surface area contributed by atoms with E-state index in [0.717, 1.165) is 35.3 Å². The number of amides is 4. The Balaban J connectivity index is 1.46. The molecule has 0 bridgehead atoms. The number of nitrogens with zero attached hydrogens (tertiary/aromatic N) is 1. The number of carbonyl (C=O) groups excluding carboxylic acids is 3. The monoisotopic (exact) mass is 439 g/mol. The largest absolute Gasteiger partial charge is 0.347 e. The van der Waals surface area contributed by atoms with Crippen molar-refractivity contribution in [1.82, 2.24) is 15.5 Å². The van der Waals surface area contributed by atoms with E-state index < -0.39 is 11.6 Å². The molecule has 1 saturated heterocycles. The zero-order valence-corrected chi connectivity index (χ0v) is 18.0. The summed E-state index contributed by atoms with van der Waals surface area (Å²) in [5.74, 6) is -0.638. The van der Waals surface area contributed by atoms with Gasteiger partial charge in [0.1, 0.15) is 12.1 Å². The quantitative estimate of drug-likeness (QED) is 0.668. The predicted molar refractivity (Wildman–Crippen MR) is 119 cm³/mol. The minimum Gasteiger partial charge on any atom is -0.347 e. The maximum atomic E-state index is 13.0. The molecular formula is C24H26ClN3O3. The van der Waals surface area contributed by atoms with Crippen LogP contribution in [-0.4, -0.2) is 34.8 Å². The molecule has 2 fully saturated rings. The molecule has 1 unspecified atom stereocenters. The van der Waals surface area contributed by atoms with Crippen LogP contribution in [0.4, 0.5) is 4.79 Å². The van der Waals surface area contributed by atoms with Crippen molar-refractivity contribution in [1.29, 1.82) is 0 Å². The maximum absolute atomic E-state index is 13.0. The summed E-state index contributed by atoms with van der Waals surface area (Å²) in [6, 6.07) is 16.4. The van der Waals surface area contributed by atoms with Gasteiger partial charge in [-0.05, 0) is 42.5 Å². The van der Waals surface area contributed by atoms with Gasteiger partial charge in [0.25, 0.3) is 5.91 Å². The van der Waals surface area contributed by atoms with Gasteiger partial charge in [-0.3, -0.25) is 14.5 Å². The van der Waals surface area contributed by atoms with Crippen LogP contribution in [-0.2, 0) is 16.0 Å². The van der Waals surface area contributed by atoms with Crippen LogP contribution in [0.2, 0.25) is 5.02 Å². The van der Waals surface area contributed by atoms with Crippen LogP contribution in [0, 0.1) is 0 Å². The molecular weight excluding hydrogens is 414 g/mol. The lowest BCUT2D eigenvalue weighted by Crippen LogP contribution is -2.49. The van der Waals surface area contributed by atoms with E-state index in [4.69, 9.17) is 11.6 Å². The van der Waals surface area contributed by atoms with E-state index in [1.165, 1.54) is 0 Å². The highest BCUT2D eigenvalue weighted by atomic mass is 35.5. The third-order valence-corrected chi connectivity index (χ3v) is 6.40. The molecule has 2 aromatic rings. The van der Waals surface area contributed by atoms with Crippen molar-refractivity contribution in [2.45, 2.75) is 50.1 Å². The van der Waals surface area contributed by atoms with Crippen LogP contribution < -0.4 is 10.6 Å². The molecule has 4 rings (SSSR count). The number of hydrogen-bond donors (Lipinski definition) is 2. The lowest BCUT2D eigenvalue weighted by molar-refractivity contribution is -0.136. The fourth-order valence-electron chi connectivity index (χ4n) is 4.49. The zero-order chi connectivity index (χ0) is 21.8. The van der Waals surface area contributed by atoms with Gasteiger partial charge in [-0.2, -0.15) is 0 Å². The molecule has 1 heterocycles. The van der Waals surface area contributed by atoms with Crippen LogP contribution in [0.3, 0.4) is 0 Å². The van der Waals surface area contributed by atoms with Gasteiger partial charge in [0.05, 0.1) is 6.04 Å². The number of hydrogen-bond acceptors (Lipinski definition) is 3. The third-order valence-electron chi connectivity index (χ3n) is 6.14. The molecule has 162 valence electrons. The van der Waals surface area contributed by atoms with Crippen molar-refractivity contribution in [2.24, 2.45) is 0 Å². The van der Waals surface area contributed by atoms with Gasteiger partial charge in [-0.15, -0.1) is 0 Å². The van der Waals surface area contributed by atoms with Gasteiger partial charge in [0.15, 0.2) is 0 Å². The summed E-state index contributed by atoms with van der Waals surface area (Å²) in [7, 11) is 0. The molecule has 2 N–H and O–H groups in total. The smallest absolute Gasteiger partial charge is 0.325 e. The molecule has 6 nitrogen and oxygen atoms in total. The molecule has 1 spiro atoms. The van der Waals surface area contributed by atoms with Gasteiger partial charge < -0.3 is 10.6 Å². The molecule has 2 aromatic carbocycles. The Morgan fingerprint density at radius 3 is 2.39 bits per heavy atom. The van der Waals surface area contributed by atoms with Gasteiger partial charge >= 0.3 is 6.03 Å². The van der Waals surface area contributed by atoms with E-state index in [0.29, 0.717) is 24.3 Å². The van der Waals surface area contributed by atoms with Crippen molar-refractivity contribution in [3.8, 4) is 0 Å². The molecule has 1 atom stereocenters. The third kappa shape index (κ3) is 4.74. The second-order valence-electron chi connectivity index (χ2n) is 8.33. The van der Waals surface area contributed by atoms with Crippen LogP contribution in [0.25, 0.3) is 0 Å². The van der Waals surface area contributed by atoms with Gasteiger partial charge in [0, 0.05) is 5.02 Å². The first-order chi connectivity index (χ1) is 15.0. The summed E-state index contributed by atoms with van der Waals surface area (Å²) in [6.45, 7) is -0.281. The van der Waals surface area contributed by atoms with Gasteiger partial charge in [-0.25, -0.2) is 4.79 Å². The van der Waals surface area contributed by atoms with E-state index in [1.54, 1.807) is 0 Å². The minimum absolute atomic E-state index is 0.277. The number of halogens is 1. The van der Waals surface area contributed by atoms with Crippen LogP contribution in [0.1, 0.15) is 49.3 Å². The van der Waals surface area contributed by atoms with Crippen LogP contribution >= 0.6 is 11.6 Å². The molecule has 0 radical (unpaired) electrons. The first kappa shape index (κ1) is 21.4. The maximum Gasteiger partial charge on any atom is 0.325 e. The normalized spacial score (nSPS) is 18.7. The highest BCUT2D eigenvalue weighted by Crippen LogP contribution is 2.33. The average molecular weight is 440 g/mol. The summed E-state index contributed by atoms with van der Waals surface area (Å²) >= 11 is 5.99. The highest BCUT2D eigenvalue weighted by Gasteiger charge is 2.51. The SMILES string of the molecule is O=C(CN1C(=O)NC2(CCCCC2)C1=O)NC(Cc1ccc(Cl)cc1)c1ccccc1. The topological polar surface area (TPSA) is 78.5 Å². The standard InChI is InChI=1S/C24H26ClN3O3/c25-19-11-9-17(10-12-19)15-20(18-7-3-1-4-8-18)26-21(29)16-28-22(30)24(27-23(28)31)13-5-2-6-14-24/h1,3-4,7-12,20H,2,5-6,13-16H2,(H,26,29)(H,27,31). The molecule has 0 aromatic heterocycles. The Bertz CT molecular complexity index is 956. The first-order valence-corrected chi connectivity index (χ1v) is 11.1. The fraction of sp³-hybridized carbons (Fsp3) is 0.375. The molecule has 31 heavy (non-hydrogen) atoms. The van der Waals surface area contributed by atoms with E-state index in [9.17, 15) is 14.4 Å². The molecule has 2 aliphatic rings. The fourth-order valence-corrected chi connectivity index (χ4v) is 4.62. The number of urea groups is 1. The Morgan fingerprint density at radius 2 is 1.71 bits per heavy atom. The Labute approximate surface area is 187 Å². The number of benzene rings is 2. The number of imide groups is 1. The number of carbonyl (C=O) groups is 3. The van der Waals surface area contributed by atoms with Crippen molar-refractivity contribution in [2.75, 3.05) is 6.54 Å². The van der Waals surface area contributed by atoms with E-state index in [1.807, 2.05) is 54.6 Å². The van der Waals surface area contributed by atoms with Crippen molar-refractivity contribution in [3.05, 3.63) is 70.7 Å². The summed E-state index contributed by atoms with van der Waals surface area (Å²) in [5.41, 5.74) is 1.15. The number of rotatable bonds is 6. The summed E-state index contributed by atoms with van der Waals surface area (Å²) in [4.78, 5) is 39.4. The first-order valence-electron chi connectivity index (χ1n) is 10.7. The van der Waals surface area contributed by atoms with Gasteiger partial charge in [-0.1, -0.05) is 73.3 Å². The Kier molecular flexibility index (Phi) is 6.28. The average Bonchev–Trinajstić information content (AvgIpc) is 2.99. The van der Waals surface area contributed by atoms with Crippen molar-refractivity contribution < 1.29 is 14.4 Å². The minimum atomic E-state index is -0.822. The van der Waals surface area contributed by atoms with E-state index in [2.05, 4.69) is 10.6 Å². The van der Waals surface area contributed by atoms with Crippen LogP contribution in [0.5, 0.6) is 0 Å². The summed E-state index contributed by atoms with van der Waals surface area (Å²) < 4.78 is 0. The predicted octanol–water partition coefficient (Wildman–Crippen LogP) is 3.99. The second-order valence-corrected chi connectivity index (χ2v) is 8.76. The van der Waals surface area contributed by atoms with E-state index >= 15 is 0 Å². The lowest BCUT2D eigenvalue weighted by Gasteiger charge is -2.30. The Morgan fingerprint density at radius 1 is 1.03 bits per heavy atom. The lowest BCUT2D eigenvalue weighted by atomic mass is 9.82. The Hall–Kier alpha value is -2.86. The number of nitrogens with one attached hydrogen (secondary N) is 2. The second kappa shape index (κ2) is 9.10. The molecule has 7 heteroatoms. The highest BCUT2D eigenvalue weighted by molar-refractivity contribution is 6.30. The molecule has 4 amide bonds. The zero-order valence-electron chi connectivity index (χ0n) is 17.3. The summed E-state index contributed by atoms with van der Waals surface area (Å²) in [6.07, 6.45) is 4.72. The molecule has 1 aliphatic heterocycles. The van der Waals surface area contributed by atoms with Crippen LogP contribution in [0.15, 0.2) is 54.6 Å². The molecule has 1 saturated carbocycles. The van der Waals surface area contributed by atoms with Gasteiger partial charge in [0.2, 0.25) is 5.91 Å². The summed E-state index contributed by atoms with van der Waals surface area (Å²) in [5, 5.41) is 6.51.